The first-order valence-electron chi connectivity index (χ1n) is 13.5. The summed E-state index contributed by atoms with van der Waals surface area (Å²) in [7, 11) is 0. The van der Waals surface area contributed by atoms with E-state index in [1.165, 1.54) is 0 Å². The zero-order valence-electron chi connectivity index (χ0n) is 22.5. The van der Waals surface area contributed by atoms with Gasteiger partial charge in [0.15, 0.2) is 0 Å². The van der Waals surface area contributed by atoms with Crippen LogP contribution in [0.4, 0.5) is 0 Å². The maximum Gasteiger partial charge on any atom is 0.295 e. The minimum Gasteiger partial charge on any atom is -0.507 e. The van der Waals surface area contributed by atoms with Crippen LogP contribution >= 0.6 is 15.9 Å². The van der Waals surface area contributed by atoms with Crippen molar-refractivity contribution in [1.82, 2.24) is 9.80 Å². The number of hydrogen-bond donors (Lipinski definition) is 1. The first kappa shape index (κ1) is 28.1. The Morgan fingerprint density at radius 1 is 1.00 bits per heavy atom. The van der Waals surface area contributed by atoms with Crippen LogP contribution in [0.5, 0.6) is 5.75 Å². The summed E-state index contributed by atoms with van der Waals surface area (Å²) in [5, 5.41) is 11.5. The van der Waals surface area contributed by atoms with Crippen LogP contribution in [0.25, 0.3) is 5.76 Å². The molecule has 0 saturated carbocycles. The van der Waals surface area contributed by atoms with Gasteiger partial charge in [-0.05, 0) is 60.4 Å². The van der Waals surface area contributed by atoms with E-state index >= 15 is 0 Å². The maximum atomic E-state index is 13.4. The van der Waals surface area contributed by atoms with Crippen LogP contribution in [-0.2, 0) is 20.9 Å². The topological polar surface area (TPSA) is 79.3 Å². The number of ketones is 1. The lowest BCUT2D eigenvalue weighted by atomic mass is 9.94. The number of halogens is 1. The molecule has 0 spiro atoms. The highest BCUT2D eigenvalue weighted by Crippen LogP contribution is 2.40. The third-order valence-corrected chi connectivity index (χ3v) is 7.86. The smallest absolute Gasteiger partial charge is 0.295 e. The molecule has 0 radical (unpaired) electrons. The number of rotatable bonds is 9. The molecule has 5 rings (SSSR count). The summed E-state index contributed by atoms with van der Waals surface area (Å²) in [5.74, 6) is -0.756. The molecule has 208 valence electrons. The molecule has 0 bridgehead atoms. The normalized spacial score (nSPS) is 19.2. The van der Waals surface area contributed by atoms with Gasteiger partial charge < -0.3 is 19.5 Å². The molecule has 3 aromatic rings. The Morgan fingerprint density at radius 2 is 1.77 bits per heavy atom. The zero-order valence-corrected chi connectivity index (χ0v) is 24.1. The molecule has 1 N–H and O–H groups in total. The molecular formula is C32H33BrN2O5. The van der Waals surface area contributed by atoms with Crippen LogP contribution in [0.2, 0.25) is 0 Å². The van der Waals surface area contributed by atoms with E-state index in [0.29, 0.717) is 44.1 Å². The summed E-state index contributed by atoms with van der Waals surface area (Å²) in [5.41, 5.74) is 3.21. The van der Waals surface area contributed by atoms with E-state index in [0.717, 1.165) is 40.8 Å². The third kappa shape index (κ3) is 6.30. The monoisotopic (exact) mass is 604 g/mol. The van der Waals surface area contributed by atoms with Crippen LogP contribution < -0.4 is 4.74 Å². The number of carbonyl (C=O) groups is 2. The lowest BCUT2D eigenvalue weighted by molar-refractivity contribution is -0.140. The van der Waals surface area contributed by atoms with E-state index in [-0.39, 0.29) is 11.3 Å². The molecule has 8 heteroatoms. The molecule has 3 aromatic carbocycles. The van der Waals surface area contributed by atoms with Crippen LogP contribution in [0, 0.1) is 6.92 Å². The zero-order chi connectivity index (χ0) is 28.1. The summed E-state index contributed by atoms with van der Waals surface area (Å²) in [4.78, 5) is 30.6. The summed E-state index contributed by atoms with van der Waals surface area (Å²) in [6.45, 7) is 6.66. The van der Waals surface area contributed by atoms with Crippen molar-refractivity contribution in [2.75, 3.05) is 39.4 Å². The Balaban J connectivity index is 1.42. The van der Waals surface area contributed by atoms with Crippen molar-refractivity contribution in [1.29, 1.82) is 0 Å². The second-order valence-corrected chi connectivity index (χ2v) is 11.0. The standard InChI is InChI=1S/C32H33BrN2O5/c1-22-19-25(11-12-27(22)40-21-23-7-3-2-4-8-23)30(36)28-29(24-9-5-10-26(33)20-24)35(32(38)31(28)37)14-6-13-34-15-17-39-18-16-34/h2-5,7-12,19-20,29,36H,6,13-18,21H2,1H3/b30-28-. The van der Waals surface area contributed by atoms with E-state index in [4.69, 9.17) is 9.47 Å². The first-order valence-corrected chi connectivity index (χ1v) is 14.3. The Kier molecular flexibility index (Phi) is 8.99. The van der Waals surface area contributed by atoms with Gasteiger partial charge in [0.1, 0.15) is 18.1 Å². The van der Waals surface area contributed by atoms with Crippen LogP contribution in [0.3, 0.4) is 0 Å². The minimum atomic E-state index is -0.684. The van der Waals surface area contributed by atoms with Crippen molar-refractivity contribution in [2.45, 2.75) is 26.0 Å². The second-order valence-electron chi connectivity index (χ2n) is 10.1. The van der Waals surface area contributed by atoms with Gasteiger partial charge in [-0.15, -0.1) is 0 Å². The number of carbonyl (C=O) groups excluding carboxylic acids is 2. The number of ether oxygens (including phenoxy) is 2. The number of benzene rings is 3. The third-order valence-electron chi connectivity index (χ3n) is 7.37. The molecule has 0 aliphatic carbocycles. The van der Waals surface area contributed by atoms with Gasteiger partial charge >= 0.3 is 0 Å². The maximum absolute atomic E-state index is 13.4. The van der Waals surface area contributed by atoms with Gasteiger partial charge in [0.25, 0.3) is 11.7 Å². The summed E-state index contributed by atoms with van der Waals surface area (Å²) < 4.78 is 12.3. The Hall–Kier alpha value is -3.46. The molecule has 0 aromatic heterocycles. The molecule has 2 heterocycles. The number of morpholine rings is 1. The molecule has 1 unspecified atom stereocenters. The van der Waals surface area contributed by atoms with Gasteiger partial charge in [-0.2, -0.15) is 0 Å². The molecule has 2 fully saturated rings. The number of aryl methyl sites for hydroxylation is 1. The molecule has 2 aliphatic rings. The second kappa shape index (κ2) is 12.8. The van der Waals surface area contributed by atoms with Crippen molar-refractivity contribution in [3.05, 3.63) is 105 Å². The van der Waals surface area contributed by atoms with Crippen LogP contribution in [0.1, 0.15) is 34.7 Å². The fraction of sp³-hybridized carbons (Fsp3) is 0.312. The van der Waals surface area contributed by atoms with Gasteiger partial charge in [0, 0.05) is 36.2 Å². The molecule has 2 aliphatic heterocycles. The summed E-state index contributed by atoms with van der Waals surface area (Å²) >= 11 is 3.52. The molecule has 7 nitrogen and oxygen atoms in total. The van der Waals surface area contributed by atoms with Crippen molar-refractivity contribution < 1.29 is 24.2 Å². The first-order chi connectivity index (χ1) is 19.4. The molecule has 40 heavy (non-hydrogen) atoms. The lowest BCUT2D eigenvalue weighted by Crippen LogP contribution is -2.38. The predicted octanol–water partition coefficient (Wildman–Crippen LogP) is 5.48. The van der Waals surface area contributed by atoms with E-state index in [1.54, 1.807) is 23.1 Å². The van der Waals surface area contributed by atoms with Crippen molar-refractivity contribution in [3.8, 4) is 5.75 Å². The SMILES string of the molecule is Cc1cc(/C(O)=C2/C(=O)C(=O)N(CCCN3CCOCC3)C2c2cccc(Br)c2)ccc1OCc1ccccc1. The number of likely N-dealkylation sites (tertiary alicyclic amines) is 1. The fourth-order valence-corrected chi connectivity index (χ4v) is 5.69. The quantitative estimate of drug-likeness (QED) is 0.198. The number of Topliss-reactive ketones (excluding diaryl/α,β-unsaturated/α-hetero) is 1. The largest absolute Gasteiger partial charge is 0.507 e. The Bertz CT molecular complexity index is 1400. The van der Waals surface area contributed by atoms with Gasteiger partial charge in [-0.25, -0.2) is 0 Å². The van der Waals surface area contributed by atoms with E-state index in [2.05, 4.69) is 20.8 Å². The highest BCUT2D eigenvalue weighted by atomic mass is 79.9. The van der Waals surface area contributed by atoms with Gasteiger partial charge in [0.05, 0.1) is 24.8 Å². The minimum absolute atomic E-state index is 0.104. The van der Waals surface area contributed by atoms with Gasteiger partial charge in [0.2, 0.25) is 0 Å². The van der Waals surface area contributed by atoms with Gasteiger partial charge in [-0.3, -0.25) is 14.5 Å². The summed E-state index contributed by atoms with van der Waals surface area (Å²) in [6, 6.07) is 22.1. The molecule has 2 saturated heterocycles. The number of hydrogen-bond acceptors (Lipinski definition) is 6. The Labute approximate surface area is 243 Å². The van der Waals surface area contributed by atoms with Gasteiger partial charge in [-0.1, -0.05) is 58.4 Å². The van der Waals surface area contributed by atoms with Crippen molar-refractivity contribution in [2.24, 2.45) is 0 Å². The van der Waals surface area contributed by atoms with E-state index in [9.17, 15) is 14.7 Å². The van der Waals surface area contributed by atoms with Crippen molar-refractivity contribution >= 4 is 33.4 Å². The van der Waals surface area contributed by atoms with E-state index < -0.39 is 17.7 Å². The van der Waals surface area contributed by atoms with Crippen molar-refractivity contribution in [3.63, 3.8) is 0 Å². The Morgan fingerprint density at radius 3 is 2.50 bits per heavy atom. The lowest BCUT2D eigenvalue weighted by Gasteiger charge is -2.29. The average molecular weight is 606 g/mol. The van der Waals surface area contributed by atoms with Crippen LogP contribution in [-0.4, -0.2) is 66.0 Å². The highest BCUT2D eigenvalue weighted by molar-refractivity contribution is 9.10. The molecule has 1 amide bonds. The number of nitrogens with zero attached hydrogens (tertiary/aromatic N) is 2. The molecular weight excluding hydrogens is 572 g/mol. The van der Waals surface area contributed by atoms with Crippen LogP contribution in [0.15, 0.2) is 82.8 Å². The molecule has 1 atom stereocenters. The highest BCUT2D eigenvalue weighted by Gasteiger charge is 2.45. The predicted molar refractivity (Wildman–Crippen MR) is 157 cm³/mol. The van der Waals surface area contributed by atoms with E-state index in [1.807, 2.05) is 61.5 Å². The number of aliphatic hydroxyl groups excluding tert-OH is 1. The summed E-state index contributed by atoms with van der Waals surface area (Å²) in [6.07, 6.45) is 0.712. The fourth-order valence-electron chi connectivity index (χ4n) is 5.27. The number of aliphatic hydroxyl groups is 1. The number of amides is 1. The average Bonchev–Trinajstić information content (AvgIpc) is 3.22.